The highest BCUT2D eigenvalue weighted by molar-refractivity contribution is 5.96. The van der Waals surface area contributed by atoms with Gasteiger partial charge in [0.25, 0.3) is 5.91 Å². The van der Waals surface area contributed by atoms with Gasteiger partial charge in [-0.1, -0.05) is 29.8 Å². The minimum Gasteiger partial charge on any atom is -0.477 e. The van der Waals surface area contributed by atoms with E-state index in [9.17, 15) is 9.59 Å². The minimum absolute atomic E-state index is 0.0372. The van der Waals surface area contributed by atoms with Crippen molar-refractivity contribution in [2.24, 2.45) is 0 Å². The lowest BCUT2D eigenvalue weighted by atomic mass is 10.0. The zero-order valence-electron chi connectivity index (χ0n) is 14.6. The quantitative estimate of drug-likeness (QED) is 0.783. The van der Waals surface area contributed by atoms with Gasteiger partial charge in [0.2, 0.25) is 5.88 Å². The van der Waals surface area contributed by atoms with Gasteiger partial charge >= 0.3 is 5.97 Å². The number of rotatable bonds is 7. The number of carbonyl (C=O) groups is 2. The first-order valence-corrected chi connectivity index (χ1v) is 8.07. The summed E-state index contributed by atoms with van der Waals surface area (Å²) < 4.78 is 10.1. The fraction of sp³-hybridized carbons (Fsp3) is 0.316. The Bertz CT molecular complexity index is 728. The number of hydrogen-bond donors (Lipinski definition) is 1. The second kappa shape index (κ2) is 8.82. The van der Waals surface area contributed by atoms with Gasteiger partial charge in [-0.2, -0.15) is 0 Å². The van der Waals surface area contributed by atoms with Crippen molar-refractivity contribution < 1.29 is 19.1 Å². The Morgan fingerprint density at radius 2 is 1.92 bits per heavy atom. The molecule has 6 nitrogen and oxygen atoms in total. The van der Waals surface area contributed by atoms with Crippen LogP contribution in [0.25, 0.3) is 0 Å². The van der Waals surface area contributed by atoms with Crippen molar-refractivity contribution in [1.29, 1.82) is 0 Å². The molecular formula is C19H22N2O4. The Balaban J connectivity index is 2.25. The number of aromatic nitrogens is 1. The average Bonchev–Trinajstić information content (AvgIpc) is 2.62. The molecule has 132 valence electrons. The maximum absolute atomic E-state index is 12.7. The van der Waals surface area contributed by atoms with Gasteiger partial charge in [0.1, 0.15) is 5.56 Å². The molecule has 0 unspecified atom stereocenters. The van der Waals surface area contributed by atoms with Crippen LogP contribution < -0.4 is 10.1 Å². The second-order valence-electron chi connectivity index (χ2n) is 5.51. The molecule has 1 heterocycles. The zero-order chi connectivity index (χ0) is 18.2. The lowest BCUT2D eigenvalue weighted by molar-refractivity contribution is -0.141. The molecule has 0 aliphatic heterocycles. The number of nitrogens with one attached hydrogen (secondary N) is 1. The molecule has 6 heteroatoms. The molecule has 0 radical (unpaired) electrons. The molecule has 0 saturated carbocycles. The molecule has 2 aromatic rings. The van der Waals surface area contributed by atoms with Crippen LogP contribution in [0.2, 0.25) is 0 Å². The number of amides is 1. The number of benzene rings is 1. The number of esters is 1. The Hall–Kier alpha value is -2.89. The Morgan fingerprint density at radius 3 is 2.56 bits per heavy atom. The van der Waals surface area contributed by atoms with Crippen LogP contribution in [0.5, 0.6) is 5.88 Å². The standard InChI is InChI=1S/C19H22N2O4/c1-4-25-19-15(6-5-11-20-19)18(23)21-16(12-17(22)24-3)14-9-7-13(2)8-10-14/h5-11,16H,4,12H2,1-3H3,(H,21,23)/t16-/m0/s1. The van der Waals surface area contributed by atoms with Crippen LogP contribution in [0.4, 0.5) is 0 Å². The van der Waals surface area contributed by atoms with Gasteiger partial charge < -0.3 is 14.8 Å². The summed E-state index contributed by atoms with van der Waals surface area (Å²) in [5.74, 6) is -0.489. The largest absolute Gasteiger partial charge is 0.477 e. The van der Waals surface area contributed by atoms with Crippen LogP contribution in [0.1, 0.15) is 40.9 Å². The van der Waals surface area contributed by atoms with E-state index in [1.54, 1.807) is 18.3 Å². The van der Waals surface area contributed by atoms with Gasteiger partial charge in [0.05, 0.1) is 26.2 Å². The van der Waals surface area contributed by atoms with Crippen molar-refractivity contribution in [1.82, 2.24) is 10.3 Å². The van der Waals surface area contributed by atoms with Crippen molar-refractivity contribution in [3.8, 4) is 5.88 Å². The number of pyridine rings is 1. The predicted octanol–water partition coefficient (Wildman–Crippen LogP) is 2.82. The van der Waals surface area contributed by atoms with Gasteiger partial charge in [0, 0.05) is 6.20 Å². The average molecular weight is 342 g/mol. The fourth-order valence-electron chi connectivity index (χ4n) is 2.35. The first kappa shape index (κ1) is 18.4. The van der Waals surface area contributed by atoms with Gasteiger partial charge in [0.15, 0.2) is 0 Å². The molecule has 1 N–H and O–H groups in total. The Morgan fingerprint density at radius 1 is 1.20 bits per heavy atom. The molecule has 0 saturated heterocycles. The van der Waals surface area contributed by atoms with Crippen molar-refractivity contribution in [3.63, 3.8) is 0 Å². The number of methoxy groups -OCH3 is 1. The number of carbonyl (C=O) groups excluding carboxylic acids is 2. The van der Waals surface area contributed by atoms with E-state index >= 15 is 0 Å². The van der Waals surface area contributed by atoms with Crippen LogP contribution in [-0.2, 0) is 9.53 Å². The summed E-state index contributed by atoms with van der Waals surface area (Å²) in [7, 11) is 1.32. The van der Waals surface area contributed by atoms with Gasteiger partial charge in [-0.25, -0.2) is 4.98 Å². The molecule has 1 amide bonds. The van der Waals surface area contributed by atoms with E-state index in [0.717, 1.165) is 11.1 Å². The first-order chi connectivity index (χ1) is 12.0. The summed E-state index contributed by atoms with van der Waals surface area (Å²) in [4.78, 5) is 28.5. The molecule has 0 bridgehead atoms. The van der Waals surface area contributed by atoms with Crippen molar-refractivity contribution in [3.05, 3.63) is 59.3 Å². The summed E-state index contributed by atoms with van der Waals surface area (Å²) >= 11 is 0. The van der Waals surface area contributed by atoms with Crippen molar-refractivity contribution >= 4 is 11.9 Å². The number of hydrogen-bond acceptors (Lipinski definition) is 5. The highest BCUT2D eigenvalue weighted by atomic mass is 16.5. The maximum Gasteiger partial charge on any atom is 0.307 e. The zero-order valence-corrected chi connectivity index (χ0v) is 14.6. The third-order valence-electron chi connectivity index (χ3n) is 3.68. The molecule has 1 aromatic heterocycles. The summed E-state index contributed by atoms with van der Waals surface area (Å²) in [6.45, 7) is 4.20. The number of aryl methyl sites for hydroxylation is 1. The monoisotopic (exact) mass is 342 g/mol. The Labute approximate surface area is 147 Å². The lowest BCUT2D eigenvalue weighted by Crippen LogP contribution is -2.31. The Kier molecular flexibility index (Phi) is 6.51. The summed E-state index contributed by atoms with van der Waals surface area (Å²) in [6, 6.07) is 10.4. The van der Waals surface area contributed by atoms with E-state index in [1.807, 2.05) is 38.1 Å². The second-order valence-corrected chi connectivity index (χ2v) is 5.51. The molecule has 0 spiro atoms. The molecule has 0 fully saturated rings. The van der Waals surface area contributed by atoms with Gasteiger partial charge in [-0.15, -0.1) is 0 Å². The molecule has 1 atom stereocenters. The van der Waals surface area contributed by atoms with E-state index in [2.05, 4.69) is 10.3 Å². The summed E-state index contributed by atoms with van der Waals surface area (Å²) in [5, 5.41) is 2.87. The van der Waals surface area contributed by atoms with Crippen LogP contribution in [0.3, 0.4) is 0 Å². The molecule has 25 heavy (non-hydrogen) atoms. The van der Waals surface area contributed by atoms with Crippen LogP contribution in [0, 0.1) is 6.92 Å². The molecular weight excluding hydrogens is 320 g/mol. The molecule has 0 aliphatic rings. The van der Waals surface area contributed by atoms with E-state index in [-0.39, 0.29) is 18.2 Å². The SMILES string of the molecule is CCOc1ncccc1C(=O)N[C@@H](CC(=O)OC)c1ccc(C)cc1. The smallest absolute Gasteiger partial charge is 0.307 e. The molecule has 1 aromatic carbocycles. The fourth-order valence-corrected chi connectivity index (χ4v) is 2.35. The third kappa shape index (κ3) is 5.04. The normalized spacial score (nSPS) is 11.5. The van der Waals surface area contributed by atoms with Crippen LogP contribution in [0.15, 0.2) is 42.6 Å². The predicted molar refractivity (Wildman–Crippen MR) is 93.4 cm³/mol. The van der Waals surface area contributed by atoms with E-state index in [4.69, 9.17) is 9.47 Å². The summed E-state index contributed by atoms with van der Waals surface area (Å²) in [6.07, 6.45) is 1.60. The lowest BCUT2D eigenvalue weighted by Gasteiger charge is -2.19. The summed E-state index contributed by atoms with van der Waals surface area (Å²) in [5.41, 5.74) is 2.25. The highest BCUT2D eigenvalue weighted by Crippen LogP contribution is 2.21. The topological polar surface area (TPSA) is 77.5 Å². The molecule has 0 aliphatic carbocycles. The molecule has 2 rings (SSSR count). The first-order valence-electron chi connectivity index (χ1n) is 8.07. The van der Waals surface area contributed by atoms with Crippen molar-refractivity contribution in [2.75, 3.05) is 13.7 Å². The maximum atomic E-state index is 12.7. The van der Waals surface area contributed by atoms with E-state index in [1.165, 1.54) is 7.11 Å². The number of ether oxygens (including phenoxy) is 2. The van der Waals surface area contributed by atoms with Gasteiger partial charge in [-0.05, 0) is 31.5 Å². The minimum atomic E-state index is -0.504. The van der Waals surface area contributed by atoms with E-state index in [0.29, 0.717) is 12.2 Å². The van der Waals surface area contributed by atoms with Crippen LogP contribution in [-0.4, -0.2) is 30.6 Å². The van der Waals surface area contributed by atoms with E-state index < -0.39 is 12.0 Å². The van der Waals surface area contributed by atoms with Crippen molar-refractivity contribution in [2.45, 2.75) is 26.3 Å². The van der Waals surface area contributed by atoms with Crippen LogP contribution >= 0.6 is 0 Å². The number of nitrogens with zero attached hydrogens (tertiary/aromatic N) is 1. The highest BCUT2D eigenvalue weighted by Gasteiger charge is 2.22. The third-order valence-corrected chi connectivity index (χ3v) is 3.68. The van der Waals surface area contributed by atoms with Gasteiger partial charge in [-0.3, -0.25) is 9.59 Å².